The Morgan fingerprint density at radius 2 is 1.80 bits per heavy atom. The van der Waals surface area contributed by atoms with Crippen molar-refractivity contribution in [3.8, 4) is 28.6 Å². The van der Waals surface area contributed by atoms with Crippen LogP contribution >= 0.6 is 0 Å². The predicted octanol–water partition coefficient (Wildman–Crippen LogP) is 4.03. The van der Waals surface area contributed by atoms with Gasteiger partial charge in [-0.2, -0.15) is 0 Å². The fraction of sp³-hybridized carbons (Fsp3) is 0.474. The quantitative estimate of drug-likeness (QED) is 0.752. The van der Waals surface area contributed by atoms with Crippen LogP contribution in [0.1, 0.15) is 39.3 Å². The molecule has 2 N–H and O–H groups in total. The smallest absolute Gasteiger partial charge is 0.257 e. The molecule has 2 rings (SSSR count). The minimum atomic E-state index is 0.144. The summed E-state index contributed by atoms with van der Waals surface area (Å²) in [6.45, 7) is 6.31. The Morgan fingerprint density at radius 1 is 1.08 bits per heavy atom. The van der Waals surface area contributed by atoms with Gasteiger partial charge in [-0.25, -0.2) is 9.97 Å². The number of anilines is 1. The lowest BCUT2D eigenvalue weighted by molar-refractivity contribution is 0.396. The molecule has 6 nitrogen and oxygen atoms in total. The molecular weight excluding hydrogens is 318 g/mol. The van der Waals surface area contributed by atoms with Gasteiger partial charge in [-0.1, -0.05) is 20.8 Å². The standard InChI is InChI=1S/C19H27N3O3/c1-6-12(7-2)20-18-19(25-5)22-17(15(8-3)21-18)14-10-9-13(23)11-16(14)24-4/h9-12,23H,6-8H2,1-5H3,(H,20,21). The summed E-state index contributed by atoms with van der Waals surface area (Å²) in [4.78, 5) is 9.44. The van der Waals surface area contributed by atoms with Crippen molar-refractivity contribution in [1.29, 1.82) is 0 Å². The normalized spacial score (nSPS) is 10.8. The Labute approximate surface area is 149 Å². The molecule has 6 heteroatoms. The number of nitrogens with zero attached hydrogens (tertiary/aromatic N) is 2. The van der Waals surface area contributed by atoms with Gasteiger partial charge in [0.1, 0.15) is 11.5 Å². The molecule has 0 saturated heterocycles. The van der Waals surface area contributed by atoms with Gasteiger partial charge in [0.25, 0.3) is 5.88 Å². The van der Waals surface area contributed by atoms with Gasteiger partial charge in [-0.15, -0.1) is 0 Å². The summed E-state index contributed by atoms with van der Waals surface area (Å²) in [5, 5.41) is 13.1. The van der Waals surface area contributed by atoms with Crippen LogP contribution in [0.5, 0.6) is 17.4 Å². The van der Waals surface area contributed by atoms with Crippen molar-refractivity contribution in [3.05, 3.63) is 23.9 Å². The number of nitrogens with one attached hydrogen (secondary N) is 1. The number of ether oxygens (including phenoxy) is 2. The number of phenols is 1. The first-order valence-electron chi connectivity index (χ1n) is 8.66. The van der Waals surface area contributed by atoms with E-state index in [1.807, 2.05) is 6.92 Å². The van der Waals surface area contributed by atoms with E-state index in [2.05, 4.69) is 24.1 Å². The maximum absolute atomic E-state index is 9.69. The molecule has 0 spiro atoms. The number of hydrogen-bond donors (Lipinski definition) is 2. The first-order valence-corrected chi connectivity index (χ1v) is 8.66. The fourth-order valence-electron chi connectivity index (χ4n) is 2.71. The highest BCUT2D eigenvalue weighted by molar-refractivity contribution is 5.72. The average molecular weight is 345 g/mol. The Morgan fingerprint density at radius 3 is 2.36 bits per heavy atom. The molecule has 1 aromatic carbocycles. The number of aromatic hydroxyl groups is 1. The van der Waals surface area contributed by atoms with Gasteiger partial charge < -0.3 is 19.9 Å². The van der Waals surface area contributed by atoms with E-state index in [4.69, 9.17) is 14.5 Å². The number of aromatic nitrogens is 2. The highest BCUT2D eigenvalue weighted by Gasteiger charge is 2.19. The minimum Gasteiger partial charge on any atom is -0.508 e. The Bertz CT molecular complexity index is 715. The van der Waals surface area contributed by atoms with Crippen LogP contribution in [0.3, 0.4) is 0 Å². The van der Waals surface area contributed by atoms with Crippen LogP contribution in [-0.2, 0) is 6.42 Å². The van der Waals surface area contributed by atoms with Crippen LogP contribution in [0.25, 0.3) is 11.3 Å². The molecule has 0 aliphatic rings. The maximum Gasteiger partial charge on any atom is 0.257 e. The van der Waals surface area contributed by atoms with Crippen molar-refractivity contribution in [2.75, 3.05) is 19.5 Å². The van der Waals surface area contributed by atoms with Crippen LogP contribution in [0.2, 0.25) is 0 Å². The number of phenolic OH excluding ortho intramolecular Hbond substituents is 1. The summed E-state index contributed by atoms with van der Waals surface area (Å²) in [6.07, 6.45) is 2.71. The predicted molar refractivity (Wildman–Crippen MR) is 99.6 cm³/mol. The molecule has 25 heavy (non-hydrogen) atoms. The number of rotatable bonds is 8. The van der Waals surface area contributed by atoms with Crippen LogP contribution in [0.4, 0.5) is 5.82 Å². The molecule has 0 aliphatic heterocycles. The first-order chi connectivity index (χ1) is 12.1. The molecule has 1 heterocycles. The molecule has 1 aromatic heterocycles. The second-order valence-electron chi connectivity index (χ2n) is 5.77. The zero-order valence-corrected chi connectivity index (χ0v) is 15.6. The van der Waals surface area contributed by atoms with Gasteiger partial charge in [0.15, 0.2) is 5.82 Å². The van der Waals surface area contributed by atoms with Crippen LogP contribution in [0.15, 0.2) is 18.2 Å². The van der Waals surface area contributed by atoms with Gasteiger partial charge in [-0.05, 0) is 31.4 Å². The monoisotopic (exact) mass is 345 g/mol. The second-order valence-corrected chi connectivity index (χ2v) is 5.77. The Hall–Kier alpha value is -2.50. The van der Waals surface area contributed by atoms with E-state index in [1.54, 1.807) is 32.4 Å². The van der Waals surface area contributed by atoms with Crippen molar-refractivity contribution < 1.29 is 14.6 Å². The van der Waals surface area contributed by atoms with Crippen LogP contribution in [0, 0.1) is 0 Å². The summed E-state index contributed by atoms with van der Waals surface area (Å²) >= 11 is 0. The third-order valence-corrected chi connectivity index (χ3v) is 4.23. The molecular formula is C19H27N3O3. The zero-order chi connectivity index (χ0) is 18.4. The fourth-order valence-corrected chi connectivity index (χ4v) is 2.71. The number of hydrogen-bond acceptors (Lipinski definition) is 6. The third kappa shape index (κ3) is 4.13. The van der Waals surface area contributed by atoms with Crippen LogP contribution in [-0.4, -0.2) is 35.3 Å². The zero-order valence-electron chi connectivity index (χ0n) is 15.6. The van der Waals surface area contributed by atoms with E-state index >= 15 is 0 Å². The molecule has 2 aromatic rings. The third-order valence-electron chi connectivity index (χ3n) is 4.23. The van der Waals surface area contributed by atoms with E-state index in [9.17, 15) is 5.11 Å². The van der Waals surface area contributed by atoms with Gasteiger partial charge in [0.05, 0.1) is 25.6 Å². The lowest BCUT2D eigenvalue weighted by Crippen LogP contribution is -2.19. The first kappa shape index (κ1) is 18.8. The largest absolute Gasteiger partial charge is 0.508 e. The highest BCUT2D eigenvalue weighted by Crippen LogP contribution is 2.36. The van der Waals surface area contributed by atoms with E-state index in [0.717, 1.165) is 24.1 Å². The Kier molecular flexibility index (Phi) is 6.44. The molecule has 0 saturated carbocycles. The molecule has 0 atom stereocenters. The van der Waals surface area contributed by atoms with E-state index in [1.165, 1.54) is 0 Å². The van der Waals surface area contributed by atoms with Gasteiger partial charge in [0.2, 0.25) is 0 Å². The SMILES string of the molecule is CCc1nc(NC(CC)CC)c(OC)nc1-c1ccc(O)cc1OC. The molecule has 0 bridgehead atoms. The maximum atomic E-state index is 9.69. The number of methoxy groups -OCH3 is 2. The van der Waals surface area contributed by atoms with Crippen molar-refractivity contribution in [3.63, 3.8) is 0 Å². The van der Waals surface area contributed by atoms with Crippen molar-refractivity contribution in [1.82, 2.24) is 9.97 Å². The second kappa shape index (κ2) is 8.55. The van der Waals surface area contributed by atoms with Crippen molar-refractivity contribution in [2.24, 2.45) is 0 Å². The molecule has 0 radical (unpaired) electrons. The average Bonchev–Trinajstić information content (AvgIpc) is 2.65. The number of aryl methyl sites for hydroxylation is 1. The molecule has 0 amide bonds. The van der Waals surface area contributed by atoms with Gasteiger partial charge in [0, 0.05) is 17.7 Å². The van der Waals surface area contributed by atoms with E-state index in [-0.39, 0.29) is 5.75 Å². The minimum absolute atomic E-state index is 0.144. The molecule has 0 unspecified atom stereocenters. The summed E-state index contributed by atoms with van der Waals surface area (Å²) in [6, 6.07) is 5.29. The lowest BCUT2D eigenvalue weighted by atomic mass is 10.1. The summed E-state index contributed by atoms with van der Waals surface area (Å²) in [7, 11) is 3.16. The molecule has 136 valence electrons. The molecule has 0 fully saturated rings. The molecule has 0 aliphatic carbocycles. The summed E-state index contributed by atoms with van der Waals surface area (Å²) in [5.74, 6) is 1.81. The lowest BCUT2D eigenvalue weighted by Gasteiger charge is -2.19. The topological polar surface area (TPSA) is 76.5 Å². The van der Waals surface area contributed by atoms with E-state index < -0.39 is 0 Å². The van der Waals surface area contributed by atoms with Gasteiger partial charge >= 0.3 is 0 Å². The summed E-state index contributed by atoms with van der Waals surface area (Å²) in [5.41, 5.74) is 2.32. The summed E-state index contributed by atoms with van der Waals surface area (Å²) < 4.78 is 10.9. The van der Waals surface area contributed by atoms with Crippen LogP contribution < -0.4 is 14.8 Å². The number of benzene rings is 1. The van der Waals surface area contributed by atoms with Crippen molar-refractivity contribution in [2.45, 2.75) is 46.1 Å². The van der Waals surface area contributed by atoms with Crippen molar-refractivity contribution >= 4 is 5.82 Å². The highest BCUT2D eigenvalue weighted by atomic mass is 16.5. The van der Waals surface area contributed by atoms with Gasteiger partial charge in [-0.3, -0.25) is 0 Å². The Balaban J connectivity index is 2.56. The van der Waals surface area contributed by atoms with E-state index in [0.29, 0.717) is 35.6 Å².